The molecule has 1 aromatic heterocycles. The van der Waals surface area contributed by atoms with Gasteiger partial charge in [-0.25, -0.2) is 4.39 Å². The zero-order valence-electron chi connectivity index (χ0n) is 12.8. The molecule has 2 aromatic carbocycles. The number of anilines is 1. The van der Waals surface area contributed by atoms with Crippen LogP contribution < -0.4 is 5.32 Å². The monoisotopic (exact) mass is 308 g/mol. The third-order valence-corrected chi connectivity index (χ3v) is 3.67. The topological polar surface area (TPSA) is 34.0 Å². The van der Waals surface area contributed by atoms with Gasteiger partial charge in [0.1, 0.15) is 0 Å². The predicted octanol–water partition coefficient (Wildman–Crippen LogP) is 4.77. The largest absolute Gasteiger partial charge is 0.343 e. The number of benzene rings is 2. The maximum Gasteiger partial charge on any atom is 0.255 e. The minimum absolute atomic E-state index is 0.148. The summed E-state index contributed by atoms with van der Waals surface area (Å²) in [5, 5.41) is 3.82. The Morgan fingerprint density at radius 2 is 1.96 bits per heavy atom. The number of rotatable bonds is 4. The van der Waals surface area contributed by atoms with Crippen LogP contribution in [0.1, 0.15) is 17.3 Å². The van der Waals surface area contributed by atoms with Gasteiger partial charge in [0.25, 0.3) is 5.91 Å². The summed E-state index contributed by atoms with van der Waals surface area (Å²) in [6.45, 7) is 2.24. The zero-order chi connectivity index (χ0) is 16.2. The molecule has 116 valence electrons. The quantitative estimate of drug-likeness (QED) is 0.740. The van der Waals surface area contributed by atoms with Crippen LogP contribution in [0.15, 0.2) is 72.7 Å². The second-order valence-electron chi connectivity index (χ2n) is 5.49. The molecule has 23 heavy (non-hydrogen) atoms. The van der Waals surface area contributed by atoms with Crippen LogP contribution in [0.5, 0.6) is 0 Å². The van der Waals surface area contributed by atoms with Gasteiger partial charge in [-0.2, -0.15) is 0 Å². The molecule has 4 heteroatoms. The summed E-state index contributed by atoms with van der Waals surface area (Å²) < 4.78 is 14.5. The van der Waals surface area contributed by atoms with Crippen molar-refractivity contribution in [1.29, 1.82) is 0 Å². The molecule has 0 aliphatic carbocycles. The van der Waals surface area contributed by atoms with Crippen LogP contribution in [0.25, 0.3) is 10.9 Å². The molecule has 1 N–H and O–H groups in total. The number of allylic oxidation sites excluding steroid dienone is 1. The van der Waals surface area contributed by atoms with Crippen molar-refractivity contribution < 1.29 is 9.18 Å². The first-order valence-electron chi connectivity index (χ1n) is 7.38. The van der Waals surface area contributed by atoms with E-state index in [0.29, 0.717) is 24.0 Å². The molecule has 0 aliphatic heterocycles. The molecule has 0 fully saturated rings. The van der Waals surface area contributed by atoms with E-state index >= 15 is 0 Å². The van der Waals surface area contributed by atoms with Crippen LogP contribution in [0.2, 0.25) is 0 Å². The van der Waals surface area contributed by atoms with Crippen LogP contribution in [0, 0.1) is 0 Å². The first-order chi connectivity index (χ1) is 11.2. The van der Waals surface area contributed by atoms with Gasteiger partial charge in [0.15, 0.2) is 0 Å². The molecule has 0 saturated carbocycles. The number of nitrogens with one attached hydrogen (secondary N) is 1. The summed E-state index contributed by atoms with van der Waals surface area (Å²) in [5.41, 5.74) is 2.98. The molecular formula is C19H17FN2O. The van der Waals surface area contributed by atoms with E-state index in [9.17, 15) is 9.18 Å². The number of aromatic nitrogens is 1. The minimum atomic E-state index is -0.148. The highest BCUT2D eigenvalue weighted by Crippen LogP contribution is 2.20. The summed E-state index contributed by atoms with van der Waals surface area (Å²) in [6.07, 6.45) is 2.52. The number of para-hydroxylation sites is 1. The van der Waals surface area contributed by atoms with E-state index in [0.717, 1.165) is 16.6 Å². The lowest BCUT2D eigenvalue weighted by Crippen LogP contribution is -2.11. The van der Waals surface area contributed by atoms with Gasteiger partial charge in [-0.15, -0.1) is 0 Å². The minimum Gasteiger partial charge on any atom is -0.343 e. The molecule has 0 aliphatic rings. The number of carbonyl (C=O) groups excluding carboxylic acids is 1. The van der Waals surface area contributed by atoms with E-state index in [-0.39, 0.29) is 5.91 Å². The molecule has 3 aromatic rings. The Labute approximate surface area is 134 Å². The van der Waals surface area contributed by atoms with Crippen LogP contribution in [-0.4, -0.2) is 10.5 Å². The number of carbonyl (C=O) groups is 1. The highest BCUT2D eigenvalue weighted by atomic mass is 19.1. The van der Waals surface area contributed by atoms with Crippen LogP contribution in [0.4, 0.5) is 10.1 Å². The van der Waals surface area contributed by atoms with Crippen molar-refractivity contribution in [2.45, 2.75) is 13.5 Å². The number of amides is 1. The van der Waals surface area contributed by atoms with Crippen molar-refractivity contribution in [2.75, 3.05) is 5.32 Å². The summed E-state index contributed by atoms with van der Waals surface area (Å²) in [7, 11) is 0. The summed E-state index contributed by atoms with van der Waals surface area (Å²) in [5.74, 6) is -0.148. The third kappa shape index (κ3) is 3.31. The lowest BCUT2D eigenvalue weighted by molar-refractivity contribution is 0.102. The van der Waals surface area contributed by atoms with Crippen molar-refractivity contribution >= 4 is 22.5 Å². The Balaban J connectivity index is 1.84. The van der Waals surface area contributed by atoms with Gasteiger partial charge in [-0.3, -0.25) is 4.79 Å². The Morgan fingerprint density at radius 1 is 1.17 bits per heavy atom. The van der Waals surface area contributed by atoms with Crippen LogP contribution in [0.3, 0.4) is 0 Å². The zero-order valence-corrected chi connectivity index (χ0v) is 12.8. The predicted molar refractivity (Wildman–Crippen MR) is 91.2 cm³/mol. The van der Waals surface area contributed by atoms with E-state index < -0.39 is 0 Å². The number of hydrogen-bond donors (Lipinski definition) is 1. The SMILES string of the molecule is C/C(=C\F)Cn1ccc2cc(C(=O)Nc3ccccc3)ccc21. The molecule has 1 amide bonds. The lowest BCUT2D eigenvalue weighted by atomic mass is 10.1. The van der Waals surface area contributed by atoms with E-state index in [4.69, 9.17) is 0 Å². The second kappa shape index (κ2) is 6.48. The fraction of sp³-hybridized carbons (Fsp3) is 0.105. The number of fused-ring (bicyclic) bond motifs is 1. The average Bonchev–Trinajstić information content (AvgIpc) is 2.97. The van der Waals surface area contributed by atoms with Crippen molar-refractivity contribution in [3.63, 3.8) is 0 Å². The van der Waals surface area contributed by atoms with Gasteiger partial charge in [-0.05, 0) is 48.9 Å². The number of nitrogens with zero attached hydrogens (tertiary/aromatic N) is 1. The molecular weight excluding hydrogens is 291 g/mol. The Morgan fingerprint density at radius 3 is 2.70 bits per heavy atom. The molecule has 0 unspecified atom stereocenters. The van der Waals surface area contributed by atoms with Crippen molar-refractivity contribution in [1.82, 2.24) is 4.57 Å². The summed E-state index contributed by atoms with van der Waals surface area (Å²) in [6, 6.07) is 16.8. The second-order valence-corrected chi connectivity index (χ2v) is 5.49. The number of halogens is 1. The Bertz CT molecular complexity index is 865. The van der Waals surface area contributed by atoms with Crippen molar-refractivity contribution in [3.05, 3.63) is 78.3 Å². The first kappa shape index (κ1) is 15.0. The van der Waals surface area contributed by atoms with Crippen molar-refractivity contribution in [2.24, 2.45) is 0 Å². The maximum absolute atomic E-state index is 12.5. The molecule has 0 spiro atoms. The summed E-state index contributed by atoms with van der Waals surface area (Å²) >= 11 is 0. The van der Waals surface area contributed by atoms with Gasteiger partial charge in [-0.1, -0.05) is 18.2 Å². The van der Waals surface area contributed by atoms with Gasteiger partial charge in [0, 0.05) is 34.9 Å². The van der Waals surface area contributed by atoms with Crippen molar-refractivity contribution in [3.8, 4) is 0 Å². The lowest BCUT2D eigenvalue weighted by Gasteiger charge is -2.07. The van der Waals surface area contributed by atoms with Gasteiger partial charge in [0.2, 0.25) is 0 Å². The highest BCUT2D eigenvalue weighted by molar-refractivity contribution is 6.06. The molecule has 3 rings (SSSR count). The normalized spacial score (nSPS) is 11.7. The summed E-state index contributed by atoms with van der Waals surface area (Å²) in [4.78, 5) is 12.3. The van der Waals surface area contributed by atoms with E-state index in [1.807, 2.05) is 59.3 Å². The first-order valence-corrected chi connectivity index (χ1v) is 7.38. The van der Waals surface area contributed by atoms with E-state index in [1.54, 1.807) is 13.0 Å². The maximum atomic E-state index is 12.5. The molecule has 0 radical (unpaired) electrons. The fourth-order valence-corrected chi connectivity index (χ4v) is 2.51. The molecule has 0 saturated heterocycles. The Hall–Kier alpha value is -2.88. The smallest absolute Gasteiger partial charge is 0.255 e. The molecule has 0 atom stereocenters. The Kier molecular flexibility index (Phi) is 4.24. The number of hydrogen-bond acceptors (Lipinski definition) is 1. The molecule has 3 nitrogen and oxygen atoms in total. The van der Waals surface area contributed by atoms with Crippen LogP contribution >= 0.6 is 0 Å². The standard InChI is InChI=1S/C19H17FN2O/c1-14(12-20)13-22-10-9-15-11-16(7-8-18(15)22)19(23)21-17-5-3-2-4-6-17/h2-12H,13H2,1H3,(H,21,23)/b14-12+. The van der Waals surface area contributed by atoms with Gasteiger partial charge in [0.05, 0.1) is 6.33 Å². The third-order valence-electron chi connectivity index (χ3n) is 3.67. The fourth-order valence-electron chi connectivity index (χ4n) is 2.51. The van der Waals surface area contributed by atoms with Crippen LogP contribution in [-0.2, 0) is 6.54 Å². The van der Waals surface area contributed by atoms with Gasteiger partial charge < -0.3 is 9.88 Å². The highest BCUT2D eigenvalue weighted by Gasteiger charge is 2.09. The average molecular weight is 308 g/mol. The van der Waals surface area contributed by atoms with E-state index in [1.165, 1.54) is 0 Å². The molecule has 0 bridgehead atoms. The van der Waals surface area contributed by atoms with Gasteiger partial charge >= 0.3 is 0 Å². The molecule has 1 heterocycles. The van der Waals surface area contributed by atoms with E-state index in [2.05, 4.69) is 5.32 Å².